The zero-order valence-corrected chi connectivity index (χ0v) is 32.7. The number of para-hydroxylation sites is 4. The summed E-state index contributed by atoms with van der Waals surface area (Å²) in [5.74, 6) is 1.78. The first kappa shape index (κ1) is 33.6. The third kappa shape index (κ3) is 5.12. The van der Waals surface area contributed by atoms with Gasteiger partial charge in [0, 0.05) is 54.4 Å². The Kier molecular flexibility index (Phi) is 7.21. The van der Waals surface area contributed by atoms with Crippen LogP contribution >= 0.6 is 0 Å². The van der Waals surface area contributed by atoms with E-state index in [9.17, 15) is 0 Å². The molecular weight excluding hydrogens is 747 g/mol. The molecule has 0 aliphatic rings. The predicted molar refractivity (Wildman–Crippen MR) is 250 cm³/mol. The molecule has 13 aromatic rings. The van der Waals surface area contributed by atoms with Crippen molar-refractivity contribution < 1.29 is 4.42 Å². The molecule has 0 saturated carbocycles. The lowest BCUT2D eigenvalue weighted by Gasteiger charge is -2.16. The molecule has 13 rings (SSSR count). The van der Waals surface area contributed by atoms with Gasteiger partial charge in [-0.1, -0.05) is 152 Å². The van der Waals surface area contributed by atoms with Gasteiger partial charge in [0.1, 0.15) is 11.2 Å². The van der Waals surface area contributed by atoms with E-state index in [2.05, 4.69) is 155 Å². The van der Waals surface area contributed by atoms with Crippen LogP contribution in [-0.4, -0.2) is 24.1 Å². The van der Waals surface area contributed by atoms with Gasteiger partial charge in [-0.25, -0.2) is 15.0 Å². The van der Waals surface area contributed by atoms with E-state index in [-0.39, 0.29) is 0 Å². The van der Waals surface area contributed by atoms with Gasteiger partial charge in [-0.3, -0.25) is 0 Å². The maximum atomic E-state index is 6.31. The maximum Gasteiger partial charge on any atom is 0.164 e. The van der Waals surface area contributed by atoms with Crippen molar-refractivity contribution in [2.24, 2.45) is 0 Å². The molecule has 0 bridgehead atoms. The predicted octanol–water partition coefficient (Wildman–Crippen LogP) is 14.1. The van der Waals surface area contributed by atoms with Crippen molar-refractivity contribution in [3.05, 3.63) is 200 Å². The molecule has 0 fully saturated rings. The summed E-state index contributed by atoms with van der Waals surface area (Å²) in [5, 5.41) is 9.28. The number of benzene rings is 9. The van der Waals surface area contributed by atoms with Crippen LogP contribution in [-0.2, 0) is 0 Å². The zero-order chi connectivity index (χ0) is 40.0. The molecule has 0 saturated heterocycles. The maximum absolute atomic E-state index is 6.31. The fourth-order valence-electron chi connectivity index (χ4n) is 9.42. The van der Waals surface area contributed by atoms with E-state index in [1.165, 1.54) is 26.9 Å². The highest BCUT2D eigenvalue weighted by atomic mass is 16.3. The first-order valence-corrected chi connectivity index (χ1v) is 20.5. The van der Waals surface area contributed by atoms with Crippen LogP contribution in [0.2, 0.25) is 0 Å². The fraction of sp³-hybridized carbons (Fsp3) is 0. The zero-order valence-electron chi connectivity index (χ0n) is 32.7. The quantitative estimate of drug-likeness (QED) is 0.175. The molecule has 4 aromatic heterocycles. The molecule has 0 aliphatic heterocycles. The molecule has 9 aromatic carbocycles. The number of aromatic nitrogens is 5. The van der Waals surface area contributed by atoms with Gasteiger partial charge in [-0.05, 0) is 53.9 Å². The molecule has 6 heteroatoms. The van der Waals surface area contributed by atoms with Crippen LogP contribution in [0.15, 0.2) is 205 Å². The third-order valence-corrected chi connectivity index (χ3v) is 12.2. The summed E-state index contributed by atoms with van der Waals surface area (Å²) in [5.41, 5.74) is 11.0. The second-order valence-electron chi connectivity index (χ2n) is 15.6. The summed E-state index contributed by atoms with van der Waals surface area (Å²) in [6, 6.07) is 70.5. The van der Waals surface area contributed by atoms with Crippen LogP contribution in [0, 0.1) is 0 Å². The molecular formula is C55H33N5O. The van der Waals surface area contributed by atoms with Crippen LogP contribution < -0.4 is 0 Å². The van der Waals surface area contributed by atoms with Crippen LogP contribution in [0.5, 0.6) is 0 Å². The Hall–Kier alpha value is -8.35. The summed E-state index contributed by atoms with van der Waals surface area (Å²) in [6.45, 7) is 0. The Labute approximate surface area is 349 Å². The first-order valence-electron chi connectivity index (χ1n) is 20.5. The minimum Gasteiger partial charge on any atom is -0.456 e. The first-order chi connectivity index (χ1) is 30.2. The normalized spacial score (nSPS) is 11.9. The SMILES string of the molecule is c1ccc(-c2nc(-c3ccc4c(c3)oc3ccccc34)nc(-c3ccc4c5ccccc5n(-c5cccc6c7ccccc7n(-c7cccc8ccccc78)c56)c4c3)n2)cc1. The number of furan rings is 1. The van der Waals surface area contributed by atoms with E-state index in [1.807, 2.05) is 54.6 Å². The van der Waals surface area contributed by atoms with E-state index in [1.54, 1.807) is 0 Å². The summed E-state index contributed by atoms with van der Waals surface area (Å²) in [4.78, 5) is 15.4. The lowest BCUT2D eigenvalue weighted by atomic mass is 10.1. The molecule has 284 valence electrons. The smallest absolute Gasteiger partial charge is 0.164 e. The van der Waals surface area contributed by atoms with Crippen molar-refractivity contribution in [2.45, 2.75) is 0 Å². The van der Waals surface area contributed by atoms with Gasteiger partial charge in [0.25, 0.3) is 0 Å². The van der Waals surface area contributed by atoms with Gasteiger partial charge < -0.3 is 13.6 Å². The number of hydrogen-bond donors (Lipinski definition) is 0. The van der Waals surface area contributed by atoms with Crippen molar-refractivity contribution in [3.63, 3.8) is 0 Å². The van der Waals surface area contributed by atoms with Crippen molar-refractivity contribution in [3.8, 4) is 45.5 Å². The standard InChI is InChI=1S/C55H33N5O/c1-2-15-35(16-3-1)53-56-54(58-55(57-53)37-29-31-43-42-21-8-11-27-50(42)61-51(43)33-37)36-28-30-41-39-19-6-9-23-46(39)59(49(41)32-36)48-26-13-22-44-40-20-7-10-24-47(40)60(52(44)48)45-25-12-17-34-14-4-5-18-38(34)45/h1-33H. The monoisotopic (exact) mass is 779 g/mol. The van der Waals surface area contributed by atoms with Crippen molar-refractivity contribution >= 4 is 76.3 Å². The molecule has 0 spiro atoms. The lowest BCUT2D eigenvalue weighted by molar-refractivity contribution is 0.669. The molecule has 0 atom stereocenters. The Bertz CT molecular complexity index is 3890. The number of hydrogen-bond acceptors (Lipinski definition) is 4. The Morgan fingerprint density at radius 2 is 0.836 bits per heavy atom. The lowest BCUT2D eigenvalue weighted by Crippen LogP contribution is -2.02. The fourth-order valence-corrected chi connectivity index (χ4v) is 9.42. The van der Waals surface area contributed by atoms with Gasteiger partial charge in [0.15, 0.2) is 17.5 Å². The van der Waals surface area contributed by atoms with Crippen LogP contribution in [0.4, 0.5) is 0 Å². The third-order valence-electron chi connectivity index (χ3n) is 12.2. The largest absolute Gasteiger partial charge is 0.456 e. The van der Waals surface area contributed by atoms with Gasteiger partial charge in [0.2, 0.25) is 0 Å². The highest BCUT2D eigenvalue weighted by molar-refractivity contribution is 6.16. The van der Waals surface area contributed by atoms with E-state index >= 15 is 0 Å². The van der Waals surface area contributed by atoms with E-state index in [0.717, 1.165) is 77.5 Å². The van der Waals surface area contributed by atoms with Crippen LogP contribution in [0.1, 0.15) is 0 Å². The molecule has 0 N–H and O–H groups in total. The highest BCUT2D eigenvalue weighted by Crippen LogP contribution is 2.42. The molecule has 0 aliphatic carbocycles. The topological polar surface area (TPSA) is 61.7 Å². The van der Waals surface area contributed by atoms with E-state index in [0.29, 0.717) is 17.5 Å². The van der Waals surface area contributed by atoms with Crippen LogP contribution in [0.25, 0.3) is 122 Å². The minimum atomic E-state index is 0.580. The average Bonchev–Trinajstić information content (AvgIpc) is 3.99. The van der Waals surface area contributed by atoms with Gasteiger partial charge in [0.05, 0.1) is 33.4 Å². The summed E-state index contributed by atoms with van der Waals surface area (Å²) >= 11 is 0. The second-order valence-corrected chi connectivity index (χ2v) is 15.6. The number of rotatable bonds is 5. The Morgan fingerprint density at radius 3 is 1.64 bits per heavy atom. The summed E-state index contributed by atoms with van der Waals surface area (Å²) < 4.78 is 11.2. The molecule has 0 radical (unpaired) electrons. The Balaban J connectivity index is 1.07. The summed E-state index contributed by atoms with van der Waals surface area (Å²) in [7, 11) is 0. The molecule has 6 nitrogen and oxygen atoms in total. The minimum absolute atomic E-state index is 0.580. The van der Waals surface area contributed by atoms with Crippen molar-refractivity contribution in [1.29, 1.82) is 0 Å². The van der Waals surface area contributed by atoms with E-state index in [4.69, 9.17) is 19.4 Å². The van der Waals surface area contributed by atoms with Gasteiger partial charge in [-0.2, -0.15) is 0 Å². The van der Waals surface area contributed by atoms with E-state index < -0.39 is 0 Å². The number of nitrogens with zero attached hydrogens (tertiary/aromatic N) is 5. The van der Waals surface area contributed by atoms with Crippen LogP contribution in [0.3, 0.4) is 0 Å². The highest BCUT2D eigenvalue weighted by Gasteiger charge is 2.22. The molecule has 4 heterocycles. The molecule has 61 heavy (non-hydrogen) atoms. The molecule has 0 unspecified atom stereocenters. The summed E-state index contributed by atoms with van der Waals surface area (Å²) in [6.07, 6.45) is 0. The van der Waals surface area contributed by atoms with Crippen molar-refractivity contribution in [2.75, 3.05) is 0 Å². The number of fused-ring (bicyclic) bond motifs is 10. The Morgan fingerprint density at radius 1 is 0.311 bits per heavy atom. The van der Waals surface area contributed by atoms with Crippen molar-refractivity contribution in [1.82, 2.24) is 24.1 Å². The molecule has 0 amide bonds. The van der Waals surface area contributed by atoms with Gasteiger partial charge >= 0.3 is 0 Å². The van der Waals surface area contributed by atoms with Gasteiger partial charge in [-0.15, -0.1) is 0 Å². The second kappa shape index (κ2) is 13.1. The average molecular weight is 780 g/mol.